The Hall–Kier alpha value is -3.60. The fourth-order valence-corrected chi connectivity index (χ4v) is 3.79. The fraction of sp³-hybridized carbons (Fsp3) is 0.130. The summed E-state index contributed by atoms with van der Waals surface area (Å²) in [5, 5.41) is 23.3. The number of benzene rings is 3. The van der Waals surface area contributed by atoms with Crippen molar-refractivity contribution in [3.05, 3.63) is 106 Å². The zero-order chi connectivity index (χ0) is 19.7. The molecule has 0 aliphatic carbocycles. The third kappa shape index (κ3) is 3.11. The van der Waals surface area contributed by atoms with Gasteiger partial charge in [-0.15, -0.1) is 0 Å². The molecule has 5 heteroatoms. The molecule has 5 nitrogen and oxygen atoms in total. The molecular formula is C23H20N2O3. The van der Waals surface area contributed by atoms with Gasteiger partial charge in [0.1, 0.15) is 0 Å². The van der Waals surface area contributed by atoms with Crippen LogP contribution in [0.15, 0.2) is 78.9 Å². The number of rotatable bonds is 5. The topological polar surface area (TPSA) is 68.3 Å². The Kier molecular flexibility index (Phi) is 4.57. The Morgan fingerprint density at radius 1 is 0.964 bits per heavy atom. The summed E-state index contributed by atoms with van der Waals surface area (Å²) in [6, 6.07) is 24.8. The van der Waals surface area contributed by atoms with Gasteiger partial charge in [0.2, 0.25) is 6.54 Å². The third-order valence-electron chi connectivity index (χ3n) is 5.10. The highest BCUT2D eigenvalue weighted by Gasteiger charge is 2.29. The van der Waals surface area contributed by atoms with E-state index in [2.05, 4.69) is 0 Å². The van der Waals surface area contributed by atoms with E-state index in [1.54, 1.807) is 0 Å². The molecule has 3 aromatic carbocycles. The normalized spacial score (nSPS) is 12.2. The van der Waals surface area contributed by atoms with Gasteiger partial charge in [-0.3, -0.25) is 10.1 Å². The van der Waals surface area contributed by atoms with Crippen LogP contribution in [0, 0.1) is 17.0 Å². The van der Waals surface area contributed by atoms with Gasteiger partial charge in [-0.2, -0.15) is 4.73 Å². The van der Waals surface area contributed by atoms with E-state index in [1.807, 2.05) is 85.8 Å². The van der Waals surface area contributed by atoms with E-state index in [4.69, 9.17) is 0 Å². The van der Waals surface area contributed by atoms with E-state index in [1.165, 1.54) is 0 Å². The van der Waals surface area contributed by atoms with Crippen LogP contribution in [0.2, 0.25) is 0 Å². The minimum Gasteiger partial charge on any atom is -0.428 e. The highest BCUT2D eigenvalue weighted by Crippen LogP contribution is 2.40. The number of aryl methyl sites for hydroxylation is 1. The maximum atomic E-state index is 11.6. The smallest absolute Gasteiger partial charge is 0.214 e. The summed E-state index contributed by atoms with van der Waals surface area (Å²) in [7, 11) is 0. The molecule has 140 valence electrons. The lowest BCUT2D eigenvalue weighted by molar-refractivity contribution is -0.481. The van der Waals surface area contributed by atoms with E-state index in [0.717, 1.165) is 32.4 Å². The summed E-state index contributed by atoms with van der Waals surface area (Å²) >= 11 is 0. The van der Waals surface area contributed by atoms with Crippen LogP contribution in [0.25, 0.3) is 22.2 Å². The maximum absolute atomic E-state index is 11.6. The molecule has 0 aliphatic rings. The molecule has 1 heterocycles. The van der Waals surface area contributed by atoms with Crippen LogP contribution in [-0.4, -0.2) is 21.4 Å². The number of nitrogens with zero attached hydrogens (tertiary/aromatic N) is 2. The van der Waals surface area contributed by atoms with Crippen LogP contribution < -0.4 is 0 Å². The Morgan fingerprint density at radius 2 is 1.61 bits per heavy atom. The lowest BCUT2D eigenvalue weighted by Gasteiger charge is -2.16. The molecule has 0 unspecified atom stereocenters. The third-order valence-corrected chi connectivity index (χ3v) is 5.10. The first kappa shape index (κ1) is 17.8. The molecule has 1 aromatic heterocycles. The van der Waals surface area contributed by atoms with Crippen molar-refractivity contribution in [2.75, 3.05) is 6.54 Å². The van der Waals surface area contributed by atoms with Crippen molar-refractivity contribution in [2.24, 2.45) is 0 Å². The summed E-state index contributed by atoms with van der Waals surface area (Å²) in [5.41, 5.74) is 4.76. The average molecular weight is 372 g/mol. The minimum absolute atomic E-state index is 0.253. The second-order valence-electron chi connectivity index (χ2n) is 6.94. The summed E-state index contributed by atoms with van der Waals surface area (Å²) in [5.74, 6) is -0.482. The van der Waals surface area contributed by atoms with Crippen molar-refractivity contribution in [2.45, 2.75) is 12.8 Å². The quantitative estimate of drug-likeness (QED) is 0.295. The molecule has 0 aliphatic heterocycles. The van der Waals surface area contributed by atoms with Crippen molar-refractivity contribution in [3.63, 3.8) is 0 Å². The number of nitro groups is 1. The molecule has 28 heavy (non-hydrogen) atoms. The van der Waals surface area contributed by atoms with Crippen LogP contribution in [0.3, 0.4) is 0 Å². The first-order valence-corrected chi connectivity index (χ1v) is 9.12. The van der Waals surface area contributed by atoms with Gasteiger partial charge in [0.25, 0.3) is 0 Å². The van der Waals surface area contributed by atoms with Crippen molar-refractivity contribution in [1.82, 2.24) is 4.73 Å². The molecule has 4 aromatic rings. The first-order chi connectivity index (χ1) is 13.6. The molecule has 0 amide bonds. The van der Waals surface area contributed by atoms with Crippen LogP contribution in [0.1, 0.15) is 22.6 Å². The summed E-state index contributed by atoms with van der Waals surface area (Å²) in [6.45, 7) is 1.73. The molecule has 1 N–H and O–H groups in total. The number of hydrogen-bond acceptors (Lipinski definition) is 3. The fourth-order valence-electron chi connectivity index (χ4n) is 3.79. The predicted octanol–water partition coefficient (Wildman–Crippen LogP) is 5.26. The molecule has 0 saturated heterocycles. The second-order valence-corrected chi connectivity index (χ2v) is 6.94. The van der Waals surface area contributed by atoms with Crippen molar-refractivity contribution >= 4 is 10.9 Å². The highest BCUT2D eigenvalue weighted by molar-refractivity contribution is 5.92. The number of fused-ring (bicyclic) bond motifs is 1. The minimum atomic E-state index is -0.482. The molecule has 0 saturated carbocycles. The van der Waals surface area contributed by atoms with Gasteiger partial charge < -0.3 is 5.21 Å². The average Bonchev–Trinajstić information content (AvgIpc) is 3.00. The van der Waals surface area contributed by atoms with E-state index in [0.29, 0.717) is 11.2 Å². The Morgan fingerprint density at radius 3 is 2.29 bits per heavy atom. The van der Waals surface area contributed by atoms with Crippen LogP contribution >= 0.6 is 0 Å². The van der Waals surface area contributed by atoms with E-state index in [-0.39, 0.29) is 11.5 Å². The number of aromatic nitrogens is 1. The molecule has 0 fully saturated rings. The van der Waals surface area contributed by atoms with Gasteiger partial charge in [0, 0.05) is 21.4 Å². The molecule has 0 radical (unpaired) electrons. The van der Waals surface area contributed by atoms with Gasteiger partial charge in [0.15, 0.2) is 0 Å². The van der Waals surface area contributed by atoms with Gasteiger partial charge in [-0.05, 0) is 18.6 Å². The zero-order valence-corrected chi connectivity index (χ0v) is 15.4. The molecule has 0 bridgehead atoms. The second kappa shape index (κ2) is 7.19. The Bertz CT molecular complexity index is 1130. The van der Waals surface area contributed by atoms with Crippen molar-refractivity contribution in [1.29, 1.82) is 0 Å². The van der Waals surface area contributed by atoms with Crippen molar-refractivity contribution < 1.29 is 10.1 Å². The van der Waals surface area contributed by atoms with Gasteiger partial charge in [-0.1, -0.05) is 78.4 Å². The molecule has 4 rings (SSSR count). The number of para-hydroxylation sites is 1. The Labute approximate surface area is 162 Å². The first-order valence-electron chi connectivity index (χ1n) is 9.12. The number of hydrogen-bond donors (Lipinski definition) is 1. The lowest BCUT2D eigenvalue weighted by Crippen LogP contribution is -2.15. The van der Waals surface area contributed by atoms with Gasteiger partial charge in [-0.25, -0.2) is 0 Å². The summed E-state index contributed by atoms with van der Waals surface area (Å²) < 4.78 is 1.15. The van der Waals surface area contributed by atoms with Crippen LogP contribution in [0.4, 0.5) is 0 Å². The van der Waals surface area contributed by atoms with Crippen LogP contribution in [0.5, 0.6) is 0 Å². The molecule has 0 spiro atoms. The van der Waals surface area contributed by atoms with E-state index >= 15 is 0 Å². The standard InChI is InChI=1S/C23H20N2O3/c1-16-11-13-17(14-12-16)20(15-24(26)27)22-19-9-5-6-10-21(19)25(28)23(22)18-7-3-2-4-8-18/h2-14,20,28H,15H2,1H3/t20-/m1/s1. The monoisotopic (exact) mass is 372 g/mol. The zero-order valence-electron chi connectivity index (χ0n) is 15.4. The molecule has 1 atom stereocenters. The highest BCUT2D eigenvalue weighted by atomic mass is 16.6. The van der Waals surface area contributed by atoms with Crippen LogP contribution in [-0.2, 0) is 0 Å². The largest absolute Gasteiger partial charge is 0.428 e. The SMILES string of the molecule is Cc1ccc([C@@H](C[N+](=O)[O-])c2c(-c3ccccc3)n(O)c3ccccc23)cc1. The van der Waals surface area contributed by atoms with E-state index in [9.17, 15) is 15.3 Å². The summed E-state index contributed by atoms with van der Waals surface area (Å²) in [4.78, 5) is 11.3. The van der Waals surface area contributed by atoms with Gasteiger partial charge in [0.05, 0.1) is 17.1 Å². The summed E-state index contributed by atoms with van der Waals surface area (Å²) in [6.07, 6.45) is 0. The maximum Gasteiger partial charge on any atom is 0.214 e. The van der Waals surface area contributed by atoms with E-state index < -0.39 is 5.92 Å². The molecular weight excluding hydrogens is 352 g/mol. The van der Waals surface area contributed by atoms with Gasteiger partial charge >= 0.3 is 0 Å². The van der Waals surface area contributed by atoms with Crippen molar-refractivity contribution in [3.8, 4) is 11.3 Å². The predicted molar refractivity (Wildman–Crippen MR) is 109 cm³/mol. The Balaban J connectivity index is 2.04. The lowest BCUT2D eigenvalue weighted by atomic mass is 9.87.